The van der Waals surface area contributed by atoms with Crippen molar-refractivity contribution in [1.29, 1.82) is 0 Å². The van der Waals surface area contributed by atoms with Gasteiger partial charge >= 0.3 is 0 Å². The van der Waals surface area contributed by atoms with Gasteiger partial charge in [-0.1, -0.05) is 0 Å². The maximum atomic E-state index is 12.5. The highest BCUT2D eigenvalue weighted by Crippen LogP contribution is 2.31. The highest BCUT2D eigenvalue weighted by atomic mass is 32.2. The van der Waals surface area contributed by atoms with Gasteiger partial charge in [0.05, 0.1) is 16.3 Å². The van der Waals surface area contributed by atoms with Crippen molar-refractivity contribution in [2.45, 2.75) is 50.5 Å². The van der Waals surface area contributed by atoms with Gasteiger partial charge in [-0.05, 0) is 44.9 Å². The topological polar surface area (TPSA) is 85.2 Å². The third kappa shape index (κ3) is 4.55. The number of carbonyl (C=O) groups excluding carboxylic acids is 1. The third-order valence-electron chi connectivity index (χ3n) is 5.07. The molecule has 0 saturated carbocycles. The smallest absolute Gasteiger partial charge is 0.224 e. The maximum Gasteiger partial charge on any atom is 0.224 e. The van der Waals surface area contributed by atoms with Crippen molar-refractivity contribution < 1.29 is 13.2 Å². The molecule has 1 aliphatic heterocycles. The van der Waals surface area contributed by atoms with Gasteiger partial charge in [-0.25, -0.2) is 8.42 Å². The van der Waals surface area contributed by atoms with Crippen LogP contribution in [-0.4, -0.2) is 53.3 Å². The molecule has 1 amide bonds. The Balaban J connectivity index is 1.59. The molecule has 3 heterocycles. The van der Waals surface area contributed by atoms with Gasteiger partial charge in [0, 0.05) is 50.1 Å². The first kappa shape index (κ1) is 19.5. The van der Waals surface area contributed by atoms with E-state index in [1.807, 2.05) is 29.5 Å². The second-order valence-corrected chi connectivity index (χ2v) is 9.20. The summed E-state index contributed by atoms with van der Waals surface area (Å²) in [7, 11) is -3.31. The molecule has 0 N–H and O–H groups in total. The Labute approximate surface area is 160 Å². The van der Waals surface area contributed by atoms with Crippen molar-refractivity contribution in [1.82, 2.24) is 19.7 Å². The van der Waals surface area contributed by atoms with Crippen LogP contribution in [0.5, 0.6) is 0 Å². The minimum Gasteiger partial charge on any atom is -0.343 e. The van der Waals surface area contributed by atoms with Gasteiger partial charge in [0.25, 0.3) is 0 Å². The second kappa shape index (κ2) is 7.80. The molecule has 7 nitrogen and oxygen atoms in total. The van der Waals surface area contributed by atoms with E-state index in [1.165, 1.54) is 6.26 Å². The van der Waals surface area contributed by atoms with Crippen molar-refractivity contribution in [3.8, 4) is 0 Å². The molecule has 1 fully saturated rings. The van der Waals surface area contributed by atoms with Crippen molar-refractivity contribution in [3.63, 3.8) is 0 Å². The largest absolute Gasteiger partial charge is 0.343 e. The van der Waals surface area contributed by atoms with Crippen LogP contribution in [0.1, 0.15) is 42.3 Å². The van der Waals surface area contributed by atoms with E-state index in [1.54, 1.807) is 18.3 Å². The van der Waals surface area contributed by atoms with Crippen molar-refractivity contribution in [2.75, 3.05) is 19.3 Å². The number of amides is 1. The van der Waals surface area contributed by atoms with Crippen molar-refractivity contribution in [2.24, 2.45) is 0 Å². The molecule has 0 unspecified atom stereocenters. The molecular weight excluding hydrogens is 364 g/mol. The Hall–Kier alpha value is -2.22. The Morgan fingerprint density at radius 2 is 1.96 bits per heavy atom. The van der Waals surface area contributed by atoms with Gasteiger partial charge in [0.15, 0.2) is 9.84 Å². The molecule has 3 rings (SSSR count). The summed E-state index contributed by atoms with van der Waals surface area (Å²) in [5.41, 5.74) is 2.65. The van der Waals surface area contributed by atoms with Crippen LogP contribution in [0, 0.1) is 13.8 Å². The summed E-state index contributed by atoms with van der Waals surface area (Å²) in [6, 6.07) is 5.27. The molecule has 1 saturated heterocycles. The average molecular weight is 391 g/mol. The molecule has 8 heteroatoms. The summed E-state index contributed by atoms with van der Waals surface area (Å²) in [5.74, 6) is 0.182. The van der Waals surface area contributed by atoms with E-state index in [2.05, 4.69) is 10.1 Å². The van der Waals surface area contributed by atoms with Crippen LogP contribution < -0.4 is 0 Å². The van der Waals surface area contributed by atoms with Crippen LogP contribution >= 0.6 is 0 Å². The Morgan fingerprint density at radius 3 is 2.56 bits per heavy atom. The van der Waals surface area contributed by atoms with Crippen LogP contribution in [0.4, 0.5) is 0 Å². The van der Waals surface area contributed by atoms with Crippen molar-refractivity contribution in [3.05, 3.63) is 41.5 Å². The Morgan fingerprint density at radius 1 is 1.26 bits per heavy atom. The van der Waals surface area contributed by atoms with Gasteiger partial charge in [-0.2, -0.15) is 5.10 Å². The zero-order valence-corrected chi connectivity index (χ0v) is 16.9. The van der Waals surface area contributed by atoms with E-state index in [0.717, 1.165) is 24.2 Å². The number of pyridine rings is 1. The fourth-order valence-electron chi connectivity index (χ4n) is 3.69. The van der Waals surface area contributed by atoms with Gasteiger partial charge in [0.2, 0.25) is 5.91 Å². The number of hydrogen-bond donors (Lipinski definition) is 0. The minimum atomic E-state index is -3.31. The number of rotatable bonds is 5. The SMILES string of the molecule is Cc1cc(C)n(CCC(=O)N2CCC(c3ncccc3S(C)(=O)=O)CC2)n1. The second-order valence-electron chi connectivity index (χ2n) is 7.21. The van der Waals surface area contributed by atoms with Gasteiger partial charge in [0.1, 0.15) is 0 Å². The number of carbonyl (C=O) groups is 1. The van der Waals surface area contributed by atoms with Crippen molar-refractivity contribution >= 4 is 15.7 Å². The maximum absolute atomic E-state index is 12.5. The number of nitrogens with zero attached hydrogens (tertiary/aromatic N) is 4. The number of likely N-dealkylation sites (tertiary alicyclic amines) is 1. The summed E-state index contributed by atoms with van der Waals surface area (Å²) < 4.78 is 25.9. The quantitative estimate of drug-likeness (QED) is 0.780. The minimum absolute atomic E-state index is 0.0657. The first-order valence-electron chi connectivity index (χ1n) is 9.19. The normalized spacial score (nSPS) is 15.9. The number of aryl methyl sites for hydroxylation is 3. The van der Waals surface area contributed by atoms with Crippen LogP contribution in [0.15, 0.2) is 29.3 Å². The lowest BCUT2D eigenvalue weighted by Gasteiger charge is -2.32. The number of sulfone groups is 1. The van der Waals surface area contributed by atoms with Crippen LogP contribution in [0.25, 0.3) is 0 Å². The zero-order valence-electron chi connectivity index (χ0n) is 16.1. The zero-order chi connectivity index (χ0) is 19.6. The standard InChI is InChI=1S/C19H26N4O3S/c1-14-13-15(2)23(21-14)12-8-18(24)22-10-6-16(7-11-22)19-17(27(3,25)26)5-4-9-20-19/h4-5,9,13,16H,6-8,10-12H2,1-3H3. The summed E-state index contributed by atoms with van der Waals surface area (Å²) >= 11 is 0. The van der Waals surface area contributed by atoms with Gasteiger partial charge in [-0.3, -0.25) is 14.5 Å². The Bertz CT molecular complexity index is 928. The first-order valence-corrected chi connectivity index (χ1v) is 11.1. The predicted octanol–water partition coefficient (Wildman–Crippen LogP) is 2.09. The van der Waals surface area contributed by atoms with E-state index in [9.17, 15) is 13.2 Å². The molecule has 0 spiro atoms. The van der Waals surface area contributed by atoms with E-state index in [-0.39, 0.29) is 11.8 Å². The molecule has 1 aliphatic rings. The monoisotopic (exact) mass is 390 g/mol. The van der Waals surface area contributed by atoms with E-state index in [0.29, 0.717) is 36.6 Å². The van der Waals surface area contributed by atoms with Crippen LogP contribution in [-0.2, 0) is 21.2 Å². The predicted molar refractivity (Wildman–Crippen MR) is 102 cm³/mol. The molecule has 2 aromatic heterocycles. The van der Waals surface area contributed by atoms with Crippen LogP contribution in [0.3, 0.4) is 0 Å². The summed E-state index contributed by atoms with van der Waals surface area (Å²) in [6.07, 6.45) is 4.72. The van der Waals surface area contributed by atoms with E-state index in [4.69, 9.17) is 0 Å². The lowest BCUT2D eigenvalue weighted by atomic mass is 9.93. The van der Waals surface area contributed by atoms with Gasteiger partial charge < -0.3 is 4.90 Å². The number of aromatic nitrogens is 3. The molecule has 0 atom stereocenters. The molecule has 27 heavy (non-hydrogen) atoms. The van der Waals surface area contributed by atoms with Gasteiger partial charge in [-0.15, -0.1) is 0 Å². The summed E-state index contributed by atoms with van der Waals surface area (Å²) in [6.45, 7) is 5.76. The van der Waals surface area contributed by atoms with E-state index >= 15 is 0 Å². The highest BCUT2D eigenvalue weighted by Gasteiger charge is 2.28. The third-order valence-corrected chi connectivity index (χ3v) is 6.22. The fourth-order valence-corrected chi connectivity index (χ4v) is 4.61. The molecule has 0 aliphatic carbocycles. The molecule has 0 bridgehead atoms. The molecular formula is C19H26N4O3S. The number of piperidine rings is 1. The highest BCUT2D eigenvalue weighted by molar-refractivity contribution is 7.90. The average Bonchev–Trinajstić information content (AvgIpc) is 2.96. The fraction of sp³-hybridized carbons (Fsp3) is 0.526. The summed E-state index contributed by atoms with van der Waals surface area (Å²) in [5, 5.41) is 4.39. The Kier molecular flexibility index (Phi) is 5.64. The lowest BCUT2D eigenvalue weighted by molar-refractivity contribution is -0.132. The lowest BCUT2D eigenvalue weighted by Crippen LogP contribution is -2.38. The first-order chi connectivity index (χ1) is 12.8. The summed E-state index contributed by atoms with van der Waals surface area (Å²) in [4.78, 5) is 19.0. The van der Waals surface area contributed by atoms with E-state index < -0.39 is 9.84 Å². The molecule has 0 aromatic carbocycles. The molecule has 2 aromatic rings. The molecule has 0 radical (unpaired) electrons. The van der Waals surface area contributed by atoms with Crippen LogP contribution in [0.2, 0.25) is 0 Å². The molecule has 146 valence electrons. The number of hydrogen-bond acceptors (Lipinski definition) is 5.